The second-order valence-electron chi connectivity index (χ2n) is 2.93. The van der Waals surface area contributed by atoms with Crippen molar-refractivity contribution in [2.45, 2.75) is 26.4 Å². The van der Waals surface area contributed by atoms with Gasteiger partial charge in [0.2, 0.25) is 9.05 Å². The molecule has 0 amide bonds. The average molecular weight is 203 g/mol. The molecule has 1 atom stereocenters. The topological polar surface area (TPSA) is 34.1 Å². The molecule has 68 valence electrons. The number of alkyl halides is 1. The number of hydrogen-bond donors (Lipinski definition) is 0. The lowest BCUT2D eigenvalue weighted by atomic mass is 10.1. The summed E-state index contributed by atoms with van der Waals surface area (Å²) in [4.78, 5) is 0. The van der Waals surface area contributed by atoms with Crippen molar-refractivity contribution in [1.82, 2.24) is 0 Å². The van der Waals surface area contributed by atoms with Gasteiger partial charge >= 0.3 is 0 Å². The van der Waals surface area contributed by atoms with Gasteiger partial charge in [0.15, 0.2) is 0 Å². The third kappa shape index (κ3) is 8.07. The van der Waals surface area contributed by atoms with Gasteiger partial charge in [-0.2, -0.15) is 0 Å². The van der Waals surface area contributed by atoms with E-state index >= 15 is 0 Å². The van der Waals surface area contributed by atoms with Crippen LogP contribution >= 0.6 is 10.7 Å². The Morgan fingerprint density at radius 2 is 1.91 bits per heavy atom. The molecule has 1 unspecified atom stereocenters. The van der Waals surface area contributed by atoms with E-state index in [9.17, 15) is 12.8 Å². The Hall–Kier alpha value is 0.170. The largest absolute Gasteiger partial charge is 0.246 e. The van der Waals surface area contributed by atoms with Crippen LogP contribution in [0.4, 0.5) is 4.39 Å². The molecule has 0 rings (SSSR count). The van der Waals surface area contributed by atoms with Gasteiger partial charge in [0, 0.05) is 10.7 Å². The zero-order valence-corrected chi connectivity index (χ0v) is 8.12. The zero-order chi connectivity index (χ0) is 9.07. The van der Waals surface area contributed by atoms with Crippen molar-refractivity contribution in [3.8, 4) is 0 Å². The monoisotopic (exact) mass is 202 g/mol. The number of hydrogen-bond acceptors (Lipinski definition) is 2. The molecule has 0 aromatic rings. The molecule has 0 heterocycles. The van der Waals surface area contributed by atoms with Gasteiger partial charge in [0.25, 0.3) is 0 Å². The molecule has 0 aromatic heterocycles. The number of halogens is 2. The Bertz CT molecular complexity index is 201. The van der Waals surface area contributed by atoms with Crippen LogP contribution in [0, 0.1) is 5.92 Å². The molecular weight excluding hydrogens is 191 g/mol. The summed E-state index contributed by atoms with van der Waals surface area (Å²) in [7, 11) is 1.17. The van der Waals surface area contributed by atoms with E-state index in [2.05, 4.69) is 0 Å². The fourth-order valence-electron chi connectivity index (χ4n) is 0.796. The minimum Gasteiger partial charge on any atom is -0.246 e. The van der Waals surface area contributed by atoms with E-state index in [1.807, 2.05) is 13.8 Å². The minimum atomic E-state index is -3.67. The Labute approximate surface area is 71.2 Å². The molecule has 0 aliphatic carbocycles. The van der Waals surface area contributed by atoms with E-state index in [0.29, 0.717) is 0 Å². The van der Waals surface area contributed by atoms with Crippen molar-refractivity contribution in [3.05, 3.63) is 0 Å². The molecule has 0 saturated heterocycles. The third-order valence-corrected chi connectivity index (χ3v) is 2.24. The average Bonchev–Trinajstić information content (AvgIpc) is 1.53. The predicted octanol–water partition coefficient (Wildman–Crippen LogP) is 1.94. The fraction of sp³-hybridized carbons (Fsp3) is 1.00. The van der Waals surface area contributed by atoms with Gasteiger partial charge in [-0.1, -0.05) is 13.8 Å². The van der Waals surface area contributed by atoms with Crippen LogP contribution < -0.4 is 0 Å². The molecule has 0 aliphatic rings. The first-order chi connectivity index (χ1) is 4.81. The Kier molecular flexibility index (Phi) is 4.32. The molecular formula is C6H12ClFO2S. The molecule has 0 bridgehead atoms. The fourth-order valence-corrected chi connectivity index (χ4v) is 1.77. The van der Waals surface area contributed by atoms with E-state index in [1.165, 1.54) is 0 Å². The van der Waals surface area contributed by atoms with Crippen molar-refractivity contribution in [2.24, 2.45) is 5.92 Å². The maximum Gasteiger partial charge on any atom is 0.235 e. The van der Waals surface area contributed by atoms with Gasteiger partial charge in [-0.25, -0.2) is 12.8 Å². The summed E-state index contributed by atoms with van der Waals surface area (Å²) in [5.41, 5.74) is 0. The standard InChI is InChI=1S/C6H12ClFO2S/c1-5(2)3-6(8)4-11(7,9)10/h5-6H,3-4H2,1-2H3. The molecule has 5 heteroatoms. The summed E-state index contributed by atoms with van der Waals surface area (Å²) in [5, 5.41) is 0. The molecule has 0 saturated carbocycles. The first kappa shape index (κ1) is 11.2. The van der Waals surface area contributed by atoms with Gasteiger partial charge in [0.05, 0.1) is 5.75 Å². The van der Waals surface area contributed by atoms with Crippen LogP contribution in [0.15, 0.2) is 0 Å². The second-order valence-corrected chi connectivity index (χ2v) is 5.75. The quantitative estimate of drug-likeness (QED) is 0.653. The maximum absolute atomic E-state index is 12.7. The number of rotatable bonds is 4. The Balaban J connectivity index is 3.80. The molecule has 0 aromatic carbocycles. The van der Waals surface area contributed by atoms with E-state index in [-0.39, 0.29) is 12.3 Å². The third-order valence-electron chi connectivity index (χ3n) is 1.11. The summed E-state index contributed by atoms with van der Waals surface area (Å²) >= 11 is 0. The Morgan fingerprint density at radius 1 is 1.45 bits per heavy atom. The summed E-state index contributed by atoms with van der Waals surface area (Å²) in [5.74, 6) is -0.421. The molecule has 11 heavy (non-hydrogen) atoms. The van der Waals surface area contributed by atoms with Crippen LogP contribution in [0.25, 0.3) is 0 Å². The smallest absolute Gasteiger partial charge is 0.235 e. The molecule has 0 radical (unpaired) electrons. The van der Waals surface area contributed by atoms with Gasteiger partial charge in [-0.05, 0) is 12.3 Å². The van der Waals surface area contributed by atoms with E-state index < -0.39 is 21.0 Å². The highest BCUT2D eigenvalue weighted by Crippen LogP contribution is 2.11. The van der Waals surface area contributed by atoms with E-state index in [0.717, 1.165) is 0 Å². The van der Waals surface area contributed by atoms with Gasteiger partial charge in [-0.15, -0.1) is 0 Å². The van der Waals surface area contributed by atoms with Crippen molar-refractivity contribution < 1.29 is 12.8 Å². The second kappa shape index (κ2) is 4.26. The van der Waals surface area contributed by atoms with Crippen molar-refractivity contribution in [1.29, 1.82) is 0 Å². The first-order valence-corrected chi connectivity index (χ1v) is 5.85. The predicted molar refractivity (Wildman–Crippen MR) is 44.0 cm³/mol. The van der Waals surface area contributed by atoms with Gasteiger partial charge < -0.3 is 0 Å². The summed E-state index contributed by atoms with van der Waals surface area (Å²) < 4.78 is 33.4. The van der Waals surface area contributed by atoms with Crippen LogP contribution in [0.1, 0.15) is 20.3 Å². The lowest BCUT2D eigenvalue weighted by Crippen LogP contribution is -2.14. The highest BCUT2D eigenvalue weighted by Gasteiger charge is 2.16. The summed E-state index contributed by atoms with van der Waals surface area (Å²) in [6.45, 7) is 3.65. The minimum absolute atomic E-state index is 0.156. The van der Waals surface area contributed by atoms with Crippen LogP contribution in [-0.2, 0) is 9.05 Å². The lowest BCUT2D eigenvalue weighted by Gasteiger charge is -2.07. The summed E-state index contributed by atoms with van der Waals surface area (Å²) in [6, 6.07) is 0. The highest BCUT2D eigenvalue weighted by atomic mass is 35.7. The SMILES string of the molecule is CC(C)CC(F)CS(=O)(=O)Cl. The maximum atomic E-state index is 12.7. The molecule has 2 nitrogen and oxygen atoms in total. The van der Waals surface area contributed by atoms with Crippen LogP contribution in [0.5, 0.6) is 0 Å². The normalized spacial score (nSPS) is 15.4. The molecule has 0 N–H and O–H groups in total. The zero-order valence-electron chi connectivity index (χ0n) is 6.55. The van der Waals surface area contributed by atoms with Crippen LogP contribution in [-0.4, -0.2) is 20.3 Å². The Morgan fingerprint density at radius 3 is 2.18 bits per heavy atom. The van der Waals surface area contributed by atoms with Crippen molar-refractivity contribution >= 4 is 19.7 Å². The van der Waals surface area contributed by atoms with E-state index in [4.69, 9.17) is 10.7 Å². The molecule has 0 spiro atoms. The first-order valence-electron chi connectivity index (χ1n) is 3.37. The van der Waals surface area contributed by atoms with Crippen molar-refractivity contribution in [3.63, 3.8) is 0 Å². The van der Waals surface area contributed by atoms with Gasteiger partial charge in [0.1, 0.15) is 6.17 Å². The van der Waals surface area contributed by atoms with E-state index in [1.54, 1.807) is 0 Å². The van der Waals surface area contributed by atoms with Gasteiger partial charge in [-0.3, -0.25) is 0 Å². The summed E-state index contributed by atoms with van der Waals surface area (Å²) in [6.07, 6.45) is -1.09. The highest BCUT2D eigenvalue weighted by molar-refractivity contribution is 8.13. The van der Waals surface area contributed by atoms with Crippen molar-refractivity contribution in [2.75, 3.05) is 5.75 Å². The van der Waals surface area contributed by atoms with Crippen LogP contribution in [0.3, 0.4) is 0 Å². The van der Waals surface area contributed by atoms with Crippen LogP contribution in [0.2, 0.25) is 0 Å². The lowest BCUT2D eigenvalue weighted by molar-refractivity contribution is 0.308. The molecule has 0 fully saturated rings. The molecule has 0 aliphatic heterocycles.